The van der Waals surface area contributed by atoms with E-state index in [4.69, 9.17) is 24.5 Å². The second kappa shape index (κ2) is 12.7. The van der Waals surface area contributed by atoms with Crippen LogP contribution in [0.2, 0.25) is 0 Å². The van der Waals surface area contributed by atoms with Gasteiger partial charge in [0.05, 0.1) is 55.2 Å². The molecule has 6 heteroatoms. The van der Waals surface area contributed by atoms with Gasteiger partial charge in [-0.05, 0) is 82.5 Å². The van der Waals surface area contributed by atoms with E-state index >= 15 is 0 Å². The van der Waals surface area contributed by atoms with Crippen molar-refractivity contribution in [2.75, 3.05) is 0 Å². The van der Waals surface area contributed by atoms with Gasteiger partial charge in [-0.25, -0.2) is 0 Å². The summed E-state index contributed by atoms with van der Waals surface area (Å²) in [6, 6.07) is 20.7. The maximum atomic E-state index is 9.79. The van der Waals surface area contributed by atoms with Gasteiger partial charge < -0.3 is 4.57 Å². The van der Waals surface area contributed by atoms with Crippen molar-refractivity contribution in [3.05, 3.63) is 169 Å². The molecule has 59 heavy (non-hydrogen) atoms. The summed E-state index contributed by atoms with van der Waals surface area (Å²) in [4.78, 5) is 15.2. The molecule has 6 nitrogen and oxygen atoms in total. The third-order valence-electron chi connectivity index (χ3n) is 11.2. The molecule has 11 rings (SSSR count). The Labute approximate surface area is 359 Å². The van der Waals surface area contributed by atoms with Crippen LogP contribution in [0.25, 0.3) is 94.4 Å². The fourth-order valence-electron chi connectivity index (χ4n) is 8.26. The van der Waals surface area contributed by atoms with E-state index < -0.39 is 66.5 Å². The molecule has 0 radical (unpaired) electrons. The second-order valence-corrected chi connectivity index (χ2v) is 16.9. The summed E-state index contributed by atoms with van der Waals surface area (Å²) in [5, 5.41) is 3.01. The van der Waals surface area contributed by atoms with E-state index in [0.717, 1.165) is 32.7 Å². The molecule has 0 fully saturated rings. The molecule has 0 spiro atoms. The van der Waals surface area contributed by atoms with Gasteiger partial charge in [-0.1, -0.05) is 138 Å². The van der Waals surface area contributed by atoms with E-state index in [9.17, 15) is 6.85 Å². The molecular weight excluding hydrogens is 721 g/mol. The van der Waals surface area contributed by atoms with Crippen LogP contribution in [0.15, 0.2) is 157 Å². The van der Waals surface area contributed by atoms with E-state index in [2.05, 4.69) is 53.7 Å². The zero-order chi connectivity index (χ0) is 50.7. The van der Waals surface area contributed by atoms with E-state index in [1.807, 2.05) is 77.4 Å². The predicted octanol–water partition coefficient (Wildman–Crippen LogP) is 13.4. The first-order valence-electron chi connectivity index (χ1n) is 25.5. The summed E-state index contributed by atoms with van der Waals surface area (Å²) in [6.45, 7) is 12.8. The van der Waals surface area contributed by atoms with Crippen LogP contribution in [0.3, 0.4) is 0 Å². The Morgan fingerprint density at radius 3 is 1.37 bits per heavy atom. The molecule has 4 heterocycles. The summed E-state index contributed by atoms with van der Waals surface area (Å²) in [6.07, 6.45) is 0. The van der Waals surface area contributed by atoms with E-state index in [1.54, 1.807) is 4.57 Å². The lowest BCUT2D eigenvalue weighted by atomic mass is 9.85. The first kappa shape index (κ1) is 24.7. The first-order chi connectivity index (χ1) is 33.5. The lowest BCUT2D eigenvalue weighted by Gasteiger charge is -2.19. The molecular formula is C53H44N6. The van der Waals surface area contributed by atoms with E-state index in [1.165, 1.54) is 4.57 Å². The van der Waals surface area contributed by atoms with Crippen molar-refractivity contribution in [1.29, 1.82) is 0 Å². The average Bonchev–Trinajstić information content (AvgIpc) is 3.99. The molecule has 0 amide bonds. The number of nitrogens with zero attached hydrogens (tertiary/aromatic N) is 6. The van der Waals surface area contributed by atoms with Gasteiger partial charge in [0.25, 0.3) is 0 Å². The quantitative estimate of drug-likeness (QED) is 0.179. The minimum absolute atomic E-state index is 0.0272. The van der Waals surface area contributed by atoms with Crippen LogP contribution < -0.4 is 0 Å². The Morgan fingerprint density at radius 2 is 0.847 bits per heavy atom. The summed E-state index contributed by atoms with van der Waals surface area (Å²) in [5.41, 5.74) is 3.69. The van der Waals surface area contributed by atoms with E-state index in [0.29, 0.717) is 22.1 Å². The highest BCUT2D eigenvalue weighted by Crippen LogP contribution is 2.40. The summed E-state index contributed by atoms with van der Waals surface area (Å²) in [7, 11) is 0. The molecule has 7 aromatic carbocycles. The second-order valence-electron chi connectivity index (χ2n) is 16.9. The fraction of sp³-hybridized carbons (Fsp3) is 0.151. The lowest BCUT2D eigenvalue weighted by Crippen LogP contribution is -2.11. The topological polar surface area (TPSA) is 53.5 Å². The highest BCUT2D eigenvalue weighted by Gasteiger charge is 2.25. The number of para-hydroxylation sites is 5. The fourth-order valence-corrected chi connectivity index (χ4v) is 8.26. The molecule has 0 N–H and O–H groups in total. The van der Waals surface area contributed by atoms with Gasteiger partial charge in [0.15, 0.2) is 5.82 Å². The number of hydrogen-bond donors (Lipinski definition) is 0. The van der Waals surface area contributed by atoms with E-state index in [-0.39, 0.29) is 67.7 Å². The molecule has 0 aliphatic rings. The van der Waals surface area contributed by atoms with Crippen molar-refractivity contribution in [2.24, 2.45) is 0 Å². The highest BCUT2D eigenvalue weighted by molar-refractivity contribution is 6.11. The van der Waals surface area contributed by atoms with Crippen LogP contribution in [-0.2, 0) is 10.8 Å². The smallest absolute Gasteiger partial charge is 0.240 e. The van der Waals surface area contributed by atoms with Gasteiger partial charge in [-0.15, -0.1) is 0 Å². The Kier molecular flexibility index (Phi) is 5.32. The predicted molar refractivity (Wildman–Crippen MR) is 246 cm³/mol. The van der Waals surface area contributed by atoms with Crippen molar-refractivity contribution in [1.82, 2.24) is 28.7 Å². The molecule has 0 atom stereocenters. The summed E-state index contributed by atoms with van der Waals surface area (Å²) in [5.74, 6) is -0.644. The standard InChI is InChI=1S/C53H44N6/c1-52(2,3)33-27-29-47-40(31-33)41-32-34(53(4,5)6)28-30-48(41)57(47)46-26-16-11-21-39(46)49-54-50(58-42-22-12-7-17-35(42)36-18-8-13-23-43(36)58)56-51(55-49)59-44-24-14-9-19-37(44)38-20-10-15-25-45(38)59/h7-32H,1-6H3/i7D,8D,11D,12D,13D,16D,17D,18D,21D,22D,23D,26D. The Hall–Kier alpha value is -7.05. The zero-order valence-corrected chi connectivity index (χ0v) is 33.3. The average molecular weight is 777 g/mol. The minimum atomic E-state index is -0.631. The number of rotatable bonds is 4. The van der Waals surface area contributed by atoms with Gasteiger partial charge in [0, 0.05) is 37.9 Å². The van der Waals surface area contributed by atoms with Crippen LogP contribution >= 0.6 is 0 Å². The largest absolute Gasteiger partial charge is 0.309 e. The molecule has 0 saturated carbocycles. The summed E-state index contributed by atoms with van der Waals surface area (Å²) < 4.78 is 114. The van der Waals surface area contributed by atoms with Crippen molar-refractivity contribution < 1.29 is 16.4 Å². The molecule has 0 bridgehead atoms. The van der Waals surface area contributed by atoms with Gasteiger partial charge in [-0.2, -0.15) is 15.0 Å². The van der Waals surface area contributed by atoms with Crippen LogP contribution in [0.1, 0.15) is 69.1 Å². The van der Waals surface area contributed by atoms with Crippen molar-refractivity contribution in [3.63, 3.8) is 0 Å². The normalized spacial score (nSPS) is 15.4. The van der Waals surface area contributed by atoms with Crippen LogP contribution in [0.5, 0.6) is 0 Å². The van der Waals surface area contributed by atoms with Crippen LogP contribution in [0, 0.1) is 0 Å². The monoisotopic (exact) mass is 776 g/mol. The van der Waals surface area contributed by atoms with Crippen molar-refractivity contribution >= 4 is 65.4 Å². The highest BCUT2D eigenvalue weighted by atomic mass is 15.3. The Bertz CT molecular complexity index is 3970. The number of aromatic nitrogens is 6. The maximum Gasteiger partial charge on any atom is 0.240 e. The number of hydrogen-bond acceptors (Lipinski definition) is 3. The zero-order valence-electron chi connectivity index (χ0n) is 45.3. The van der Waals surface area contributed by atoms with Crippen LogP contribution in [0.4, 0.5) is 0 Å². The van der Waals surface area contributed by atoms with Gasteiger partial charge in [0.2, 0.25) is 11.9 Å². The van der Waals surface area contributed by atoms with Gasteiger partial charge in [-0.3, -0.25) is 9.13 Å². The molecule has 0 unspecified atom stereocenters. The molecule has 286 valence electrons. The Balaban J connectivity index is 1.36. The van der Waals surface area contributed by atoms with Crippen molar-refractivity contribution in [2.45, 2.75) is 52.4 Å². The Morgan fingerprint density at radius 1 is 0.407 bits per heavy atom. The van der Waals surface area contributed by atoms with Gasteiger partial charge in [0.1, 0.15) is 0 Å². The molecule has 4 aromatic heterocycles. The molecule has 0 aliphatic carbocycles. The summed E-state index contributed by atoms with van der Waals surface area (Å²) >= 11 is 0. The molecule has 11 aromatic rings. The first-order valence-corrected chi connectivity index (χ1v) is 19.5. The van der Waals surface area contributed by atoms with Crippen molar-refractivity contribution in [3.8, 4) is 29.0 Å². The lowest BCUT2D eigenvalue weighted by molar-refractivity contribution is 0.590. The third kappa shape index (κ3) is 5.43. The SMILES string of the molecule is [2H]c1c([2H])c([2H])c(-n2c3ccc(C(C)(C)C)cc3c3cc(C(C)(C)C)ccc32)c(-c2nc(-n3c4ccccc4c4ccccc43)nc(-n3c4c([2H])c([2H])c([2H])c([2H])c4c4c([2H])c([2H])c([2H])c([2H])c43)n2)c1[2H]. The minimum Gasteiger partial charge on any atom is -0.309 e. The third-order valence-corrected chi connectivity index (χ3v) is 11.2. The number of benzene rings is 7. The van der Waals surface area contributed by atoms with Gasteiger partial charge >= 0.3 is 0 Å². The van der Waals surface area contributed by atoms with Crippen LogP contribution in [-0.4, -0.2) is 28.7 Å². The number of fused-ring (bicyclic) bond motifs is 9. The molecule has 0 aliphatic heterocycles. The maximum absolute atomic E-state index is 9.79. The molecule has 0 saturated heterocycles.